The number of para-hydroxylation sites is 2. The lowest BCUT2D eigenvalue weighted by atomic mass is 10.0. The quantitative estimate of drug-likeness (QED) is 0.180. The van der Waals surface area contributed by atoms with Crippen LogP contribution >= 0.6 is 0 Å². The van der Waals surface area contributed by atoms with Gasteiger partial charge in [-0.2, -0.15) is 0 Å². The lowest BCUT2D eigenvalue weighted by molar-refractivity contribution is 1.08. The van der Waals surface area contributed by atoms with Crippen molar-refractivity contribution in [2.45, 2.75) is 0 Å². The van der Waals surface area contributed by atoms with Gasteiger partial charge in [-0.05, 0) is 70.8 Å². The lowest BCUT2D eigenvalue weighted by Crippen LogP contribution is -2.04. The largest absolute Gasteiger partial charge is 0.309 e. The highest BCUT2D eigenvalue weighted by atomic mass is 15.1. The summed E-state index contributed by atoms with van der Waals surface area (Å²) >= 11 is 0. The van der Waals surface area contributed by atoms with Crippen molar-refractivity contribution in [2.24, 2.45) is 0 Å². The Kier molecular flexibility index (Phi) is 6.82. The molecule has 0 bridgehead atoms. The van der Waals surface area contributed by atoms with Gasteiger partial charge in [0.2, 0.25) is 0 Å². The van der Waals surface area contributed by atoms with Crippen LogP contribution in [0.2, 0.25) is 0 Å². The third-order valence-electron chi connectivity index (χ3n) is 10.7. The smallest absolute Gasteiger partial charge is 0.165 e. The zero-order valence-corrected chi connectivity index (χ0v) is 29.3. The van der Waals surface area contributed by atoms with Crippen molar-refractivity contribution in [1.29, 1.82) is 0 Å². The number of aromatic nitrogens is 4. The normalized spacial score (nSPS) is 11.7. The predicted octanol–water partition coefficient (Wildman–Crippen LogP) is 12.8. The second-order valence-corrected chi connectivity index (χ2v) is 13.8. The summed E-state index contributed by atoms with van der Waals surface area (Å²) in [5.74, 6) is 0.812. The van der Waals surface area contributed by atoms with Crippen LogP contribution in [0, 0.1) is 0 Å². The molecule has 0 aliphatic rings. The van der Waals surface area contributed by atoms with Crippen LogP contribution in [-0.4, -0.2) is 19.1 Å². The van der Waals surface area contributed by atoms with E-state index in [1.54, 1.807) is 0 Å². The molecule has 0 saturated heterocycles. The van der Waals surface area contributed by atoms with E-state index in [4.69, 9.17) is 9.97 Å². The topological polar surface area (TPSA) is 35.6 Å². The number of benzene rings is 8. The van der Waals surface area contributed by atoms with Gasteiger partial charge in [-0.15, -0.1) is 0 Å². The summed E-state index contributed by atoms with van der Waals surface area (Å²) in [6.45, 7) is 0. The van der Waals surface area contributed by atoms with E-state index in [-0.39, 0.29) is 0 Å². The fourth-order valence-corrected chi connectivity index (χ4v) is 8.26. The highest BCUT2D eigenvalue weighted by Crippen LogP contribution is 2.43. The van der Waals surface area contributed by atoms with Gasteiger partial charge in [0.15, 0.2) is 5.82 Å². The molecule has 54 heavy (non-hydrogen) atoms. The minimum Gasteiger partial charge on any atom is -0.309 e. The van der Waals surface area contributed by atoms with E-state index in [1.165, 1.54) is 43.7 Å². The highest BCUT2D eigenvalue weighted by Gasteiger charge is 2.23. The first-order valence-corrected chi connectivity index (χ1v) is 18.3. The van der Waals surface area contributed by atoms with Crippen LogP contribution < -0.4 is 0 Å². The van der Waals surface area contributed by atoms with Crippen molar-refractivity contribution in [3.05, 3.63) is 194 Å². The van der Waals surface area contributed by atoms with E-state index >= 15 is 0 Å². The molecule has 0 aliphatic heterocycles. The summed E-state index contributed by atoms with van der Waals surface area (Å²) in [6, 6.07) is 68.8. The van der Waals surface area contributed by atoms with Gasteiger partial charge in [-0.1, -0.05) is 146 Å². The molecular formula is C50H32N4. The summed E-state index contributed by atoms with van der Waals surface area (Å²) in [6.07, 6.45) is 0. The van der Waals surface area contributed by atoms with E-state index in [1.807, 2.05) is 12.1 Å². The highest BCUT2D eigenvalue weighted by molar-refractivity contribution is 6.29. The Morgan fingerprint density at radius 2 is 0.796 bits per heavy atom. The van der Waals surface area contributed by atoms with Crippen molar-refractivity contribution in [2.75, 3.05) is 0 Å². The zero-order chi connectivity index (χ0) is 35.6. The molecule has 0 amide bonds. The second-order valence-electron chi connectivity index (χ2n) is 13.8. The predicted molar refractivity (Wildman–Crippen MR) is 225 cm³/mol. The molecule has 0 spiro atoms. The molecule has 0 saturated carbocycles. The van der Waals surface area contributed by atoms with Crippen molar-refractivity contribution in [1.82, 2.24) is 19.1 Å². The maximum atomic E-state index is 5.45. The second kappa shape index (κ2) is 12.1. The number of rotatable bonds is 5. The van der Waals surface area contributed by atoms with Crippen LogP contribution in [0.4, 0.5) is 0 Å². The molecule has 0 atom stereocenters. The first-order chi connectivity index (χ1) is 26.8. The first kappa shape index (κ1) is 30.3. The molecule has 11 aromatic rings. The third kappa shape index (κ3) is 4.70. The SMILES string of the molecule is c1ccc(-c2ccc(-n3c4ccccc4c4c5c6ccccc6n(-c6nc7ccc(-c8ccccc8)cc7nc6-c6ccccc6)c5ccc43)cc2)cc1. The molecule has 3 aromatic heterocycles. The molecule has 0 unspecified atom stereocenters. The van der Waals surface area contributed by atoms with Gasteiger partial charge in [0.05, 0.1) is 33.1 Å². The number of nitrogens with zero attached hydrogens (tertiary/aromatic N) is 4. The standard InChI is InChI=1S/C50H32N4/c1-4-14-33(15-5-1)35-24-27-38(28-25-35)53-43-22-12-10-20-39(43)47-45(53)30-31-46-48(47)40-21-11-13-23-44(40)54(46)50-49(36-18-8-3-9-19-36)51-42-32-37(26-29-41(42)52-50)34-16-6-2-7-17-34/h1-32H. The Bertz CT molecular complexity index is 3180. The minimum absolute atomic E-state index is 0.812. The molecule has 252 valence electrons. The van der Waals surface area contributed by atoms with Crippen molar-refractivity contribution in [3.63, 3.8) is 0 Å². The van der Waals surface area contributed by atoms with Crippen LogP contribution in [0.25, 0.3) is 99.7 Å². The van der Waals surface area contributed by atoms with Gasteiger partial charge in [-0.25, -0.2) is 9.97 Å². The third-order valence-corrected chi connectivity index (χ3v) is 10.7. The van der Waals surface area contributed by atoms with Gasteiger partial charge < -0.3 is 4.57 Å². The molecule has 11 rings (SSSR count). The van der Waals surface area contributed by atoms with E-state index in [2.05, 4.69) is 191 Å². The molecule has 0 radical (unpaired) electrons. The van der Waals surface area contributed by atoms with Gasteiger partial charge >= 0.3 is 0 Å². The van der Waals surface area contributed by atoms with Gasteiger partial charge in [0, 0.05) is 32.8 Å². The van der Waals surface area contributed by atoms with Crippen molar-refractivity contribution in [3.8, 4) is 45.0 Å². The Morgan fingerprint density at radius 3 is 1.43 bits per heavy atom. The molecule has 0 fully saturated rings. The molecule has 4 heteroatoms. The number of hydrogen-bond acceptors (Lipinski definition) is 2. The van der Waals surface area contributed by atoms with Gasteiger partial charge in [0.25, 0.3) is 0 Å². The fraction of sp³-hybridized carbons (Fsp3) is 0. The molecule has 4 nitrogen and oxygen atoms in total. The summed E-state index contributed by atoms with van der Waals surface area (Å²) in [7, 11) is 0. The van der Waals surface area contributed by atoms with Gasteiger partial charge in [-0.3, -0.25) is 4.57 Å². The Balaban J connectivity index is 1.19. The van der Waals surface area contributed by atoms with E-state index < -0.39 is 0 Å². The lowest BCUT2D eigenvalue weighted by Gasteiger charge is -2.14. The summed E-state index contributed by atoms with van der Waals surface area (Å²) in [4.78, 5) is 10.9. The fourth-order valence-electron chi connectivity index (χ4n) is 8.26. The molecule has 8 aromatic carbocycles. The van der Waals surface area contributed by atoms with Crippen molar-refractivity contribution < 1.29 is 0 Å². The average molecular weight is 689 g/mol. The molecule has 0 aliphatic carbocycles. The summed E-state index contributed by atoms with van der Waals surface area (Å²) < 4.78 is 4.73. The van der Waals surface area contributed by atoms with Crippen LogP contribution in [0.15, 0.2) is 194 Å². The first-order valence-electron chi connectivity index (χ1n) is 18.3. The minimum atomic E-state index is 0.812. The molecular weight excluding hydrogens is 657 g/mol. The number of hydrogen-bond donors (Lipinski definition) is 0. The maximum absolute atomic E-state index is 5.45. The monoisotopic (exact) mass is 688 g/mol. The average Bonchev–Trinajstić information content (AvgIpc) is 3.77. The van der Waals surface area contributed by atoms with Crippen LogP contribution in [0.1, 0.15) is 0 Å². The zero-order valence-electron chi connectivity index (χ0n) is 29.3. The molecule has 0 N–H and O–H groups in total. The molecule has 3 heterocycles. The Hall–Kier alpha value is -7.30. The maximum Gasteiger partial charge on any atom is 0.165 e. The van der Waals surface area contributed by atoms with Crippen LogP contribution in [-0.2, 0) is 0 Å². The Morgan fingerprint density at radius 1 is 0.315 bits per heavy atom. The van der Waals surface area contributed by atoms with Gasteiger partial charge in [0.1, 0.15) is 5.69 Å². The number of fused-ring (bicyclic) bond motifs is 8. The van der Waals surface area contributed by atoms with Crippen LogP contribution in [0.3, 0.4) is 0 Å². The van der Waals surface area contributed by atoms with E-state index in [0.29, 0.717) is 0 Å². The van der Waals surface area contributed by atoms with Crippen molar-refractivity contribution >= 4 is 54.6 Å². The van der Waals surface area contributed by atoms with E-state index in [9.17, 15) is 0 Å². The van der Waals surface area contributed by atoms with Crippen LogP contribution in [0.5, 0.6) is 0 Å². The summed E-state index contributed by atoms with van der Waals surface area (Å²) in [5, 5.41) is 4.84. The van der Waals surface area contributed by atoms with E-state index in [0.717, 1.165) is 56.0 Å². The summed E-state index contributed by atoms with van der Waals surface area (Å²) in [5.41, 5.74) is 13.9. The Labute approximate surface area is 311 Å².